The first-order valence-electron chi connectivity index (χ1n) is 19.9. The SMILES string of the molecule is O=C(CC1(c2ccc(Br)cc2)c2ccc(C3CN(C(=O)CC4(c5ccc(Br)cc5)c5ccccc5-c5nccn54)CCC3F)cc2-c2nccn21)N1CCC(F)(F)CC1. The lowest BCUT2D eigenvalue weighted by Gasteiger charge is -2.39. The quantitative estimate of drug-likeness (QED) is 0.160. The monoisotopic (exact) mass is 922 g/mol. The van der Waals surface area contributed by atoms with Gasteiger partial charge in [-0.3, -0.25) is 9.59 Å². The minimum Gasteiger partial charge on any atom is -0.342 e. The molecule has 2 amide bonds. The van der Waals surface area contributed by atoms with Crippen LogP contribution in [0.25, 0.3) is 22.8 Å². The molecule has 2 saturated heterocycles. The third kappa shape index (κ3) is 6.12. The predicted molar refractivity (Wildman–Crippen MR) is 225 cm³/mol. The average molecular weight is 925 g/mol. The lowest BCUT2D eigenvalue weighted by molar-refractivity contribution is -0.138. The molecule has 6 heterocycles. The number of piperidine rings is 2. The lowest BCUT2D eigenvalue weighted by Crippen LogP contribution is -2.47. The number of aromatic nitrogens is 4. The van der Waals surface area contributed by atoms with Gasteiger partial charge in [0.25, 0.3) is 5.92 Å². The molecular weight excluding hydrogens is 885 g/mol. The van der Waals surface area contributed by atoms with Crippen molar-refractivity contribution in [1.29, 1.82) is 0 Å². The molecule has 0 radical (unpaired) electrons. The van der Waals surface area contributed by atoms with E-state index in [4.69, 9.17) is 9.97 Å². The highest BCUT2D eigenvalue weighted by Crippen LogP contribution is 2.52. The zero-order chi connectivity index (χ0) is 40.7. The Balaban J connectivity index is 0.991. The first-order valence-corrected chi connectivity index (χ1v) is 21.5. The number of hydrogen-bond donors (Lipinski definition) is 0. The van der Waals surface area contributed by atoms with E-state index in [9.17, 15) is 18.4 Å². The van der Waals surface area contributed by atoms with Gasteiger partial charge in [-0.25, -0.2) is 23.1 Å². The second kappa shape index (κ2) is 14.3. The number of amides is 2. The second-order valence-corrected chi connectivity index (χ2v) is 18.0. The van der Waals surface area contributed by atoms with E-state index in [-0.39, 0.29) is 70.1 Å². The van der Waals surface area contributed by atoms with Crippen LogP contribution in [0, 0.1) is 0 Å². The molecule has 4 aromatic carbocycles. The minimum atomic E-state index is -2.78. The van der Waals surface area contributed by atoms with E-state index < -0.39 is 29.1 Å². The van der Waals surface area contributed by atoms with Crippen molar-refractivity contribution in [1.82, 2.24) is 28.9 Å². The number of hydrogen-bond acceptors (Lipinski definition) is 4. The molecule has 4 aliphatic rings. The highest BCUT2D eigenvalue weighted by molar-refractivity contribution is 9.10. The van der Waals surface area contributed by atoms with Crippen molar-refractivity contribution in [2.75, 3.05) is 26.2 Å². The standard InChI is InChI=1S/C46H39Br2F3N6O2/c47-32-10-6-30(7-11-32)45(37-4-2-1-3-34(37)42-52-18-23-56(42)45)27-41(59)55-20-15-39(49)36(28-55)29-5-14-38-35(25-29)43-53-19-24-57(43)46(38,31-8-12-33(48)13-9-31)26-40(58)54-21-16-44(50,51)17-22-54/h1-14,18-19,23-25,36,39H,15-17,20-22,26-28H2. The van der Waals surface area contributed by atoms with Crippen LogP contribution in [-0.4, -0.2) is 79.0 Å². The molecule has 4 aliphatic heterocycles. The fraction of sp³-hybridized carbons (Fsp3) is 0.304. The van der Waals surface area contributed by atoms with E-state index in [1.54, 1.807) is 22.2 Å². The van der Waals surface area contributed by atoms with Crippen LogP contribution in [0.2, 0.25) is 0 Å². The van der Waals surface area contributed by atoms with Crippen LogP contribution in [0.15, 0.2) is 125 Å². The van der Waals surface area contributed by atoms with Gasteiger partial charge in [-0.1, -0.05) is 92.5 Å². The van der Waals surface area contributed by atoms with Gasteiger partial charge in [-0.05, 0) is 64.6 Å². The Morgan fingerprint density at radius 3 is 1.83 bits per heavy atom. The average Bonchev–Trinajstić information content (AvgIpc) is 4.02. The molecule has 0 saturated carbocycles. The Kier molecular flexibility index (Phi) is 9.28. The van der Waals surface area contributed by atoms with Crippen molar-refractivity contribution in [3.8, 4) is 22.8 Å². The second-order valence-electron chi connectivity index (χ2n) is 16.2. The number of likely N-dealkylation sites (tertiary alicyclic amines) is 2. The summed E-state index contributed by atoms with van der Waals surface area (Å²) in [5.41, 5.74) is 4.23. The van der Waals surface area contributed by atoms with Crippen molar-refractivity contribution in [3.05, 3.63) is 153 Å². The van der Waals surface area contributed by atoms with Gasteiger partial charge < -0.3 is 18.9 Å². The van der Waals surface area contributed by atoms with Gasteiger partial charge in [0.05, 0.1) is 12.8 Å². The summed E-state index contributed by atoms with van der Waals surface area (Å²) < 4.78 is 50.5. The third-order valence-electron chi connectivity index (χ3n) is 13.1. The van der Waals surface area contributed by atoms with E-state index in [1.165, 1.54) is 0 Å². The summed E-state index contributed by atoms with van der Waals surface area (Å²) in [4.78, 5) is 41.7. The molecule has 8 nitrogen and oxygen atoms in total. The lowest BCUT2D eigenvalue weighted by atomic mass is 9.78. The van der Waals surface area contributed by atoms with Crippen molar-refractivity contribution >= 4 is 43.7 Å². The first-order chi connectivity index (χ1) is 28.5. The van der Waals surface area contributed by atoms with Crippen LogP contribution in [-0.2, 0) is 20.7 Å². The molecule has 10 rings (SSSR count). The maximum Gasteiger partial charge on any atom is 0.251 e. The normalized spacial score (nSPS) is 24.0. The van der Waals surface area contributed by atoms with Gasteiger partial charge in [0.15, 0.2) is 0 Å². The van der Waals surface area contributed by atoms with E-state index in [0.717, 1.165) is 53.7 Å². The summed E-state index contributed by atoms with van der Waals surface area (Å²) in [7, 11) is 0. The van der Waals surface area contributed by atoms with Crippen molar-refractivity contribution in [2.45, 2.75) is 61.2 Å². The Bertz CT molecular complexity index is 2600. The van der Waals surface area contributed by atoms with Crippen molar-refractivity contribution < 1.29 is 22.8 Å². The maximum atomic E-state index is 16.3. The molecule has 4 unspecified atom stereocenters. The van der Waals surface area contributed by atoms with Gasteiger partial charge in [0.2, 0.25) is 11.8 Å². The molecule has 0 spiro atoms. The summed E-state index contributed by atoms with van der Waals surface area (Å²) in [6, 6.07) is 29.8. The Hall–Kier alpha value is -5.01. The molecule has 6 aromatic rings. The van der Waals surface area contributed by atoms with Crippen LogP contribution in [0.1, 0.15) is 65.8 Å². The minimum absolute atomic E-state index is 0.00473. The number of alkyl halides is 3. The third-order valence-corrected chi connectivity index (χ3v) is 14.1. The number of benzene rings is 4. The van der Waals surface area contributed by atoms with Crippen LogP contribution < -0.4 is 0 Å². The molecule has 0 N–H and O–H groups in total. The van der Waals surface area contributed by atoms with Gasteiger partial charge in [-0.15, -0.1) is 0 Å². The summed E-state index contributed by atoms with van der Waals surface area (Å²) >= 11 is 7.12. The number of imidazole rings is 2. The van der Waals surface area contributed by atoms with Gasteiger partial charge in [-0.2, -0.15) is 0 Å². The summed E-state index contributed by atoms with van der Waals surface area (Å²) in [5.74, 6) is -2.27. The fourth-order valence-electron chi connectivity index (χ4n) is 10.1. The summed E-state index contributed by atoms with van der Waals surface area (Å²) in [5, 5.41) is 0. The number of halogens is 5. The predicted octanol–water partition coefficient (Wildman–Crippen LogP) is 9.54. The van der Waals surface area contributed by atoms with Gasteiger partial charge in [0.1, 0.15) is 28.9 Å². The van der Waals surface area contributed by atoms with Crippen LogP contribution in [0.3, 0.4) is 0 Å². The van der Waals surface area contributed by atoms with Crippen molar-refractivity contribution in [3.63, 3.8) is 0 Å². The topological polar surface area (TPSA) is 76.3 Å². The Morgan fingerprint density at radius 2 is 1.22 bits per heavy atom. The molecule has 2 aromatic heterocycles. The smallest absolute Gasteiger partial charge is 0.251 e. The number of carbonyl (C=O) groups is 2. The molecule has 4 atom stereocenters. The molecule has 59 heavy (non-hydrogen) atoms. The Labute approximate surface area is 356 Å². The summed E-state index contributed by atoms with van der Waals surface area (Å²) in [6.07, 6.45) is 5.62. The molecule has 2 fully saturated rings. The molecule has 0 bridgehead atoms. The molecule has 300 valence electrons. The van der Waals surface area contributed by atoms with Crippen molar-refractivity contribution in [2.24, 2.45) is 0 Å². The molecule has 0 aliphatic carbocycles. The first kappa shape index (κ1) is 38.2. The van der Waals surface area contributed by atoms with Crippen LogP contribution >= 0.6 is 31.9 Å². The largest absolute Gasteiger partial charge is 0.342 e. The number of rotatable bonds is 7. The highest BCUT2D eigenvalue weighted by Gasteiger charge is 2.50. The zero-order valence-corrected chi connectivity index (χ0v) is 35.0. The summed E-state index contributed by atoms with van der Waals surface area (Å²) in [6.45, 7) is 0.454. The van der Waals surface area contributed by atoms with E-state index in [1.807, 2.05) is 102 Å². The van der Waals surface area contributed by atoms with Gasteiger partial charge >= 0.3 is 0 Å². The zero-order valence-electron chi connectivity index (χ0n) is 31.9. The van der Waals surface area contributed by atoms with E-state index in [2.05, 4.69) is 42.5 Å². The van der Waals surface area contributed by atoms with E-state index in [0.29, 0.717) is 5.82 Å². The Morgan fingerprint density at radius 1 is 0.678 bits per heavy atom. The number of nitrogens with zero attached hydrogens (tertiary/aromatic N) is 6. The highest BCUT2D eigenvalue weighted by atomic mass is 79.9. The number of fused-ring (bicyclic) bond motifs is 6. The van der Waals surface area contributed by atoms with Crippen LogP contribution in [0.5, 0.6) is 0 Å². The van der Waals surface area contributed by atoms with Gasteiger partial charge in [0, 0.05) is 89.8 Å². The number of carbonyl (C=O) groups excluding carboxylic acids is 2. The fourth-order valence-corrected chi connectivity index (χ4v) is 10.6. The van der Waals surface area contributed by atoms with Crippen LogP contribution in [0.4, 0.5) is 13.2 Å². The molecule has 13 heteroatoms. The maximum absolute atomic E-state index is 16.3. The molecular formula is C46H39Br2F3N6O2. The van der Waals surface area contributed by atoms with E-state index >= 15 is 4.39 Å².